The highest BCUT2D eigenvalue weighted by Gasteiger charge is 2.43. The van der Waals surface area contributed by atoms with Crippen molar-refractivity contribution in [1.82, 2.24) is 10.2 Å². The first kappa shape index (κ1) is 15.1. The average Bonchev–Trinajstić information content (AvgIpc) is 2.95. The van der Waals surface area contributed by atoms with Crippen molar-refractivity contribution in [3.63, 3.8) is 0 Å². The molecule has 2 atom stereocenters. The Hall–Kier alpha value is -0.860. The number of nitrogens with zero attached hydrogens (tertiary/aromatic N) is 1. The first-order chi connectivity index (χ1) is 10.1. The number of nitrogens with one attached hydrogen (secondary N) is 1. The van der Waals surface area contributed by atoms with Crippen LogP contribution in [0.3, 0.4) is 0 Å². The Kier molecular flexibility index (Phi) is 4.37. The van der Waals surface area contributed by atoms with Crippen molar-refractivity contribution in [1.29, 1.82) is 0 Å². The molecule has 1 spiro atoms. The molecule has 0 bridgehead atoms. The number of rotatable bonds is 3. The summed E-state index contributed by atoms with van der Waals surface area (Å²) in [6.45, 7) is 9.44. The molecule has 1 aliphatic carbocycles. The van der Waals surface area contributed by atoms with Gasteiger partial charge in [-0.05, 0) is 31.2 Å². The Morgan fingerprint density at radius 3 is 2.38 bits per heavy atom. The van der Waals surface area contributed by atoms with Gasteiger partial charge in [-0.15, -0.1) is 0 Å². The molecule has 1 N–H and O–H groups in total. The molecule has 0 radical (unpaired) electrons. The highest BCUT2D eigenvalue weighted by atomic mass is 15.3. The third kappa shape index (κ3) is 3.02. The Labute approximate surface area is 129 Å². The molecule has 2 nitrogen and oxygen atoms in total. The fourth-order valence-electron chi connectivity index (χ4n) is 4.13. The molecule has 21 heavy (non-hydrogen) atoms. The molecule has 1 saturated heterocycles. The summed E-state index contributed by atoms with van der Waals surface area (Å²) in [5.74, 6) is 0.702. The molecule has 1 aromatic carbocycles. The summed E-state index contributed by atoms with van der Waals surface area (Å²) < 4.78 is 0. The fraction of sp³-hybridized carbons (Fsp3) is 0.684. The largest absolute Gasteiger partial charge is 0.308 e. The fourth-order valence-corrected chi connectivity index (χ4v) is 4.13. The topological polar surface area (TPSA) is 15.3 Å². The third-order valence-electron chi connectivity index (χ3n) is 5.79. The van der Waals surface area contributed by atoms with E-state index in [1.54, 1.807) is 0 Å². The normalized spacial score (nSPS) is 27.3. The van der Waals surface area contributed by atoms with Crippen molar-refractivity contribution in [3.8, 4) is 0 Å². The first-order valence-corrected chi connectivity index (χ1v) is 8.67. The van der Waals surface area contributed by atoms with Crippen LogP contribution in [-0.2, 0) is 0 Å². The lowest BCUT2D eigenvalue weighted by Crippen LogP contribution is -2.62. The van der Waals surface area contributed by atoms with E-state index in [1.165, 1.54) is 37.8 Å². The van der Waals surface area contributed by atoms with Gasteiger partial charge in [-0.1, -0.05) is 57.0 Å². The Morgan fingerprint density at radius 2 is 1.76 bits per heavy atom. The van der Waals surface area contributed by atoms with Crippen LogP contribution in [0, 0.1) is 5.92 Å². The zero-order valence-corrected chi connectivity index (χ0v) is 13.8. The van der Waals surface area contributed by atoms with E-state index in [9.17, 15) is 0 Å². The quantitative estimate of drug-likeness (QED) is 0.904. The molecule has 0 aromatic heterocycles. The Morgan fingerprint density at radius 1 is 1.10 bits per heavy atom. The highest BCUT2D eigenvalue weighted by molar-refractivity contribution is 5.21. The van der Waals surface area contributed by atoms with E-state index >= 15 is 0 Å². The molecule has 1 saturated carbocycles. The van der Waals surface area contributed by atoms with Gasteiger partial charge in [-0.25, -0.2) is 0 Å². The number of piperazine rings is 1. The first-order valence-electron chi connectivity index (χ1n) is 8.67. The second kappa shape index (κ2) is 6.10. The van der Waals surface area contributed by atoms with E-state index in [2.05, 4.69) is 61.3 Å². The van der Waals surface area contributed by atoms with E-state index in [0.29, 0.717) is 23.5 Å². The number of benzene rings is 1. The lowest BCUT2D eigenvalue weighted by atomic mass is 9.87. The molecule has 2 heteroatoms. The molecule has 3 rings (SSSR count). The van der Waals surface area contributed by atoms with Crippen LogP contribution in [0.2, 0.25) is 0 Å². The lowest BCUT2D eigenvalue weighted by molar-refractivity contribution is 0.0314. The van der Waals surface area contributed by atoms with Gasteiger partial charge in [0, 0.05) is 30.7 Å². The number of hydrogen-bond donors (Lipinski definition) is 1. The summed E-state index contributed by atoms with van der Waals surface area (Å²) in [6, 6.07) is 12.2. The van der Waals surface area contributed by atoms with Gasteiger partial charge in [-0.3, -0.25) is 4.90 Å². The highest BCUT2D eigenvalue weighted by Crippen LogP contribution is 2.38. The van der Waals surface area contributed by atoms with Crippen LogP contribution in [0.25, 0.3) is 0 Å². The molecule has 2 aliphatic rings. The monoisotopic (exact) mass is 286 g/mol. The SMILES string of the molecule is CC(C)C(C)N1CC2(CCCC2)NCC1c1ccccc1. The van der Waals surface area contributed by atoms with E-state index in [-0.39, 0.29) is 0 Å². The average molecular weight is 286 g/mol. The van der Waals surface area contributed by atoms with Crippen LogP contribution in [0.4, 0.5) is 0 Å². The molecule has 1 heterocycles. The van der Waals surface area contributed by atoms with E-state index in [4.69, 9.17) is 0 Å². The van der Waals surface area contributed by atoms with Crippen molar-refractivity contribution in [2.24, 2.45) is 5.92 Å². The molecule has 1 aromatic rings. The molecule has 116 valence electrons. The molecule has 2 fully saturated rings. The van der Waals surface area contributed by atoms with Crippen molar-refractivity contribution < 1.29 is 0 Å². The lowest BCUT2D eigenvalue weighted by Gasteiger charge is -2.50. The van der Waals surface area contributed by atoms with Gasteiger partial charge in [0.05, 0.1) is 0 Å². The summed E-state index contributed by atoms with van der Waals surface area (Å²) in [6.07, 6.45) is 5.51. The minimum atomic E-state index is 0.397. The van der Waals surface area contributed by atoms with Crippen molar-refractivity contribution in [2.75, 3.05) is 13.1 Å². The zero-order valence-electron chi connectivity index (χ0n) is 13.8. The van der Waals surface area contributed by atoms with Gasteiger partial charge in [0.1, 0.15) is 0 Å². The smallest absolute Gasteiger partial charge is 0.0476 e. The summed E-state index contributed by atoms with van der Waals surface area (Å²) in [7, 11) is 0. The predicted octanol–water partition coefficient (Wildman–Crippen LogP) is 3.99. The maximum atomic E-state index is 3.93. The maximum absolute atomic E-state index is 3.93. The summed E-state index contributed by atoms with van der Waals surface area (Å²) >= 11 is 0. The van der Waals surface area contributed by atoms with Gasteiger partial charge in [0.2, 0.25) is 0 Å². The standard InChI is InChI=1S/C19H30N2/c1-15(2)16(3)21-14-19(11-7-8-12-19)20-13-18(21)17-9-5-4-6-10-17/h4-6,9-10,15-16,18,20H,7-8,11-14H2,1-3H3. The van der Waals surface area contributed by atoms with E-state index in [1.807, 2.05) is 0 Å². The molecular weight excluding hydrogens is 256 g/mol. The van der Waals surface area contributed by atoms with Crippen molar-refractivity contribution >= 4 is 0 Å². The van der Waals surface area contributed by atoms with Crippen molar-refractivity contribution in [3.05, 3.63) is 35.9 Å². The van der Waals surface area contributed by atoms with Crippen LogP contribution >= 0.6 is 0 Å². The third-order valence-corrected chi connectivity index (χ3v) is 5.79. The van der Waals surface area contributed by atoms with Crippen LogP contribution in [0.1, 0.15) is 58.1 Å². The maximum Gasteiger partial charge on any atom is 0.0476 e. The van der Waals surface area contributed by atoms with Crippen LogP contribution in [-0.4, -0.2) is 29.6 Å². The summed E-state index contributed by atoms with van der Waals surface area (Å²) in [5, 5.41) is 3.93. The minimum Gasteiger partial charge on any atom is -0.308 e. The van der Waals surface area contributed by atoms with Crippen LogP contribution in [0.15, 0.2) is 30.3 Å². The van der Waals surface area contributed by atoms with Crippen LogP contribution < -0.4 is 5.32 Å². The van der Waals surface area contributed by atoms with E-state index in [0.717, 1.165) is 6.54 Å². The van der Waals surface area contributed by atoms with Crippen LogP contribution in [0.5, 0.6) is 0 Å². The molecular formula is C19H30N2. The minimum absolute atomic E-state index is 0.397. The molecule has 0 amide bonds. The summed E-state index contributed by atoms with van der Waals surface area (Å²) in [4.78, 5) is 2.78. The van der Waals surface area contributed by atoms with Gasteiger partial charge in [-0.2, -0.15) is 0 Å². The predicted molar refractivity (Wildman–Crippen MR) is 89.4 cm³/mol. The molecule has 2 unspecified atom stereocenters. The molecule has 1 aliphatic heterocycles. The second-order valence-electron chi connectivity index (χ2n) is 7.45. The van der Waals surface area contributed by atoms with Gasteiger partial charge in [0.15, 0.2) is 0 Å². The van der Waals surface area contributed by atoms with Gasteiger partial charge < -0.3 is 5.32 Å². The second-order valence-corrected chi connectivity index (χ2v) is 7.45. The van der Waals surface area contributed by atoms with E-state index < -0.39 is 0 Å². The Balaban J connectivity index is 1.85. The summed E-state index contributed by atoms with van der Waals surface area (Å²) in [5.41, 5.74) is 1.86. The van der Waals surface area contributed by atoms with Gasteiger partial charge >= 0.3 is 0 Å². The van der Waals surface area contributed by atoms with Gasteiger partial charge in [0.25, 0.3) is 0 Å². The zero-order chi connectivity index (χ0) is 14.9. The Bertz CT molecular complexity index is 448. The van der Waals surface area contributed by atoms with Crippen molar-refractivity contribution in [2.45, 2.75) is 64.1 Å². The number of hydrogen-bond acceptors (Lipinski definition) is 2.